The van der Waals surface area contributed by atoms with Crippen molar-refractivity contribution in [3.05, 3.63) is 29.8 Å². The van der Waals surface area contributed by atoms with Crippen LogP contribution in [0, 0.1) is 5.92 Å². The number of rotatable bonds is 5. The van der Waals surface area contributed by atoms with Crippen molar-refractivity contribution >= 4 is 11.6 Å². The third-order valence-corrected chi connectivity index (χ3v) is 4.24. The van der Waals surface area contributed by atoms with Gasteiger partial charge in [-0.25, -0.2) is 0 Å². The van der Waals surface area contributed by atoms with Crippen molar-refractivity contribution in [2.75, 3.05) is 25.0 Å². The predicted octanol–water partition coefficient (Wildman–Crippen LogP) is 2.25. The van der Waals surface area contributed by atoms with Gasteiger partial charge in [-0.15, -0.1) is 0 Å². The van der Waals surface area contributed by atoms with Gasteiger partial charge < -0.3 is 11.1 Å². The van der Waals surface area contributed by atoms with Crippen LogP contribution in [0.1, 0.15) is 32.3 Å². The average molecular weight is 289 g/mol. The van der Waals surface area contributed by atoms with Crippen molar-refractivity contribution in [1.29, 1.82) is 0 Å². The lowest BCUT2D eigenvalue weighted by molar-refractivity contribution is -0.117. The van der Waals surface area contributed by atoms with Crippen LogP contribution in [0.4, 0.5) is 5.69 Å². The van der Waals surface area contributed by atoms with Gasteiger partial charge in [0.15, 0.2) is 0 Å². The molecule has 2 rings (SSSR count). The fraction of sp³-hybridized carbons (Fsp3) is 0.588. The van der Waals surface area contributed by atoms with E-state index >= 15 is 0 Å². The van der Waals surface area contributed by atoms with E-state index in [1.165, 1.54) is 5.56 Å². The molecule has 2 unspecified atom stereocenters. The lowest BCUT2D eigenvalue weighted by atomic mass is 9.94. The quantitative estimate of drug-likeness (QED) is 0.874. The number of hydrogen-bond acceptors (Lipinski definition) is 3. The molecule has 2 atom stereocenters. The first-order chi connectivity index (χ1) is 10.1. The summed E-state index contributed by atoms with van der Waals surface area (Å²) >= 11 is 0. The number of nitrogens with two attached hydrogens (primary N) is 1. The van der Waals surface area contributed by atoms with E-state index in [0.29, 0.717) is 12.5 Å². The first-order valence-corrected chi connectivity index (χ1v) is 7.95. The standard InChI is InChI=1S/C17H27N3O/c1-3-4-14-5-7-15(8-6-14)19-17(21)12-20-10-9-13(2)16(18)11-20/h5-8,13,16H,3-4,9-12,18H2,1-2H3,(H,19,21). The second kappa shape index (κ2) is 7.57. The number of carbonyl (C=O) groups is 1. The molecule has 1 aliphatic rings. The Morgan fingerprint density at radius 2 is 2.10 bits per heavy atom. The highest BCUT2D eigenvalue weighted by Crippen LogP contribution is 2.15. The molecule has 4 heteroatoms. The van der Waals surface area contributed by atoms with E-state index in [-0.39, 0.29) is 11.9 Å². The molecule has 3 N–H and O–H groups in total. The van der Waals surface area contributed by atoms with Crippen LogP contribution in [0.5, 0.6) is 0 Å². The Morgan fingerprint density at radius 1 is 1.38 bits per heavy atom. The summed E-state index contributed by atoms with van der Waals surface area (Å²) in [7, 11) is 0. The zero-order valence-corrected chi connectivity index (χ0v) is 13.1. The zero-order chi connectivity index (χ0) is 15.2. The largest absolute Gasteiger partial charge is 0.326 e. The Kier molecular flexibility index (Phi) is 5.76. The molecule has 0 bridgehead atoms. The monoisotopic (exact) mass is 289 g/mol. The maximum absolute atomic E-state index is 12.1. The number of amides is 1. The molecule has 116 valence electrons. The summed E-state index contributed by atoms with van der Waals surface area (Å²) in [5.41, 5.74) is 8.25. The van der Waals surface area contributed by atoms with Crippen LogP contribution < -0.4 is 11.1 Å². The van der Waals surface area contributed by atoms with Crippen LogP contribution in [0.2, 0.25) is 0 Å². The molecule has 1 aromatic rings. The number of benzene rings is 1. The molecule has 0 aliphatic carbocycles. The number of nitrogens with one attached hydrogen (secondary N) is 1. The number of hydrogen-bond donors (Lipinski definition) is 2. The minimum atomic E-state index is 0.0417. The van der Waals surface area contributed by atoms with Gasteiger partial charge in [-0.05, 0) is 43.0 Å². The Labute approximate surface area is 127 Å². The number of likely N-dealkylation sites (tertiary alicyclic amines) is 1. The van der Waals surface area contributed by atoms with E-state index in [1.807, 2.05) is 12.1 Å². The predicted molar refractivity (Wildman–Crippen MR) is 87.3 cm³/mol. The lowest BCUT2D eigenvalue weighted by Crippen LogP contribution is -2.49. The third kappa shape index (κ3) is 4.83. The van der Waals surface area contributed by atoms with E-state index in [1.54, 1.807) is 0 Å². The molecule has 1 amide bonds. The molecule has 1 heterocycles. The number of aryl methyl sites for hydroxylation is 1. The highest BCUT2D eigenvalue weighted by atomic mass is 16.2. The van der Waals surface area contributed by atoms with Gasteiger partial charge in [0.25, 0.3) is 0 Å². The smallest absolute Gasteiger partial charge is 0.238 e. The maximum Gasteiger partial charge on any atom is 0.238 e. The Morgan fingerprint density at radius 3 is 2.71 bits per heavy atom. The Hall–Kier alpha value is -1.39. The zero-order valence-electron chi connectivity index (χ0n) is 13.1. The second-order valence-electron chi connectivity index (χ2n) is 6.16. The van der Waals surface area contributed by atoms with Gasteiger partial charge in [-0.2, -0.15) is 0 Å². The Bertz CT molecular complexity index is 458. The molecule has 0 spiro atoms. The van der Waals surface area contributed by atoms with Crippen LogP contribution in [0.25, 0.3) is 0 Å². The molecule has 1 fully saturated rings. The number of anilines is 1. The van der Waals surface area contributed by atoms with Crippen molar-refractivity contribution in [3.8, 4) is 0 Å². The van der Waals surface area contributed by atoms with Crippen LogP contribution in [-0.4, -0.2) is 36.5 Å². The average Bonchev–Trinajstić information content (AvgIpc) is 2.45. The van der Waals surface area contributed by atoms with Gasteiger partial charge in [0.1, 0.15) is 0 Å². The van der Waals surface area contributed by atoms with Crippen molar-refractivity contribution < 1.29 is 4.79 Å². The van der Waals surface area contributed by atoms with Gasteiger partial charge in [-0.3, -0.25) is 9.69 Å². The van der Waals surface area contributed by atoms with E-state index < -0.39 is 0 Å². The molecule has 4 nitrogen and oxygen atoms in total. The number of nitrogens with zero attached hydrogens (tertiary/aromatic N) is 1. The van der Waals surface area contributed by atoms with Gasteiger partial charge >= 0.3 is 0 Å². The maximum atomic E-state index is 12.1. The highest BCUT2D eigenvalue weighted by molar-refractivity contribution is 5.92. The molecule has 1 aromatic carbocycles. The fourth-order valence-electron chi connectivity index (χ4n) is 2.76. The summed E-state index contributed by atoms with van der Waals surface area (Å²) in [6.07, 6.45) is 3.29. The second-order valence-corrected chi connectivity index (χ2v) is 6.16. The van der Waals surface area contributed by atoms with Gasteiger partial charge in [-0.1, -0.05) is 32.4 Å². The SMILES string of the molecule is CCCc1ccc(NC(=O)CN2CCC(C)C(N)C2)cc1. The van der Waals surface area contributed by atoms with Crippen LogP contribution in [0.3, 0.4) is 0 Å². The minimum absolute atomic E-state index is 0.0417. The first-order valence-electron chi connectivity index (χ1n) is 7.95. The van der Waals surface area contributed by atoms with Gasteiger partial charge in [0.2, 0.25) is 5.91 Å². The molecule has 0 radical (unpaired) electrons. The summed E-state index contributed by atoms with van der Waals surface area (Å²) in [5, 5.41) is 2.96. The minimum Gasteiger partial charge on any atom is -0.326 e. The highest BCUT2D eigenvalue weighted by Gasteiger charge is 2.24. The van der Waals surface area contributed by atoms with Crippen molar-refractivity contribution in [1.82, 2.24) is 4.90 Å². The van der Waals surface area contributed by atoms with E-state index in [2.05, 4.69) is 36.2 Å². The Balaban J connectivity index is 1.81. The van der Waals surface area contributed by atoms with Crippen LogP contribution >= 0.6 is 0 Å². The lowest BCUT2D eigenvalue weighted by Gasteiger charge is -2.34. The molecular weight excluding hydrogens is 262 g/mol. The van der Waals surface area contributed by atoms with Crippen LogP contribution in [0.15, 0.2) is 24.3 Å². The van der Waals surface area contributed by atoms with Crippen LogP contribution in [-0.2, 0) is 11.2 Å². The number of piperidine rings is 1. The van der Waals surface area contributed by atoms with Crippen molar-refractivity contribution in [2.45, 2.75) is 39.2 Å². The van der Waals surface area contributed by atoms with E-state index in [0.717, 1.165) is 38.0 Å². The summed E-state index contributed by atoms with van der Waals surface area (Å²) in [6.45, 7) is 6.54. The first kappa shape index (κ1) is 16.0. The summed E-state index contributed by atoms with van der Waals surface area (Å²) in [6, 6.07) is 8.30. The van der Waals surface area contributed by atoms with Crippen molar-refractivity contribution in [2.24, 2.45) is 11.7 Å². The number of carbonyl (C=O) groups excluding carboxylic acids is 1. The van der Waals surface area contributed by atoms with Gasteiger partial charge in [0, 0.05) is 18.3 Å². The molecule has 1 aliphatic heterocycles. The molecule has 0 saturated carbocycles. The molecule has 1 saturated heterocycles. The summed E-state index contributed by atoms with van der Waals surface area (Å²) < 4.78 is 0. The summed E-state index contributed by atoms with van der Waals surface area (Å²) in [4.78, 5) is 14.2. The normalized spacial score (nSPS) is 23.0. The van der Waals surface area contributed by atoms with E-state index in [9.17, 15) is 4.79 Å². The van der Waals surface area contributed by atoms with Crippen molar-refractivity contribution in [3.63, 3.8) is 0 Å². The third-order valence-electron chi connectivity index (χ3n) is 4.24. The van der Waals surface area contributed by atoms with Gasteiger partial charge in [0.05, 0.1) is 6.54 Å². The fourth-order valence-corrected chi connectivity index (χ4v) is 2.76. The topological polar surface area (TPSA) is 58.4 Å². The summed E-state index contributed by atoms with van der Waals surface area (Å²) in [5.74, 6) is 0.593. The molecular formula is C17H27N3O. The molecule has 21 heavy (non-hydrogen) atoms. The van der Waals surface area contributed by atoms with E-state index in [4.69, 9.17) is 5.73 Å². The molecule has 0 aromatic heterocycles.